The molecule has 1 atom stereocenters. The second kappa shape index (κ2) is 8.37. The zero-order valence-electron chi connectivity index (χ0n) is 9.98. The molecule has 0 saturated heterocycles. The highest BCUT2D eigenvalue weighted by Crippen LogP contribution is 2.03. The maximum absolute atomic E-state index is 11.6. The van der Waals surface area contributed by atoms with E-state index in [1.165, 1.54) is 0 Å². The van der Waals surface area contributed by atoms with E-state index in [1.54, 1.807) is 6.92 Å². The van der Waals surface area contributed by atoms with Crippen molar-refractivity contribution in [3.63, 3.8) is 0 Å². The third kappa shape index (κ3) is 6.39. The van der Waals surface area contributed by atoms with Gasteiger partial charge in [-0.15, -0.1) is 0 Å². The standard InChI is InChI=1S/C10H20N4O3/c1-2-7(9(12)14-17)10(16)13-6-4-3-5-8(11)15/h7,17H,2-6H2,1H3,(H2,11,15)(H2,12,14)(H,13,16). The largest absolute Gasteiger partial charge is 0.409 e. The Morgan fingerprint density at radius 3 is 2.47 bits per heavy atom. The minimum Gasteiger partial charge on any atom is -0.409 e. The summed E-state index contributed by atoms with van der Waals surface area (Å²) < 4.78 is 0. The van der Waals surface area contributed by atoms with Gasteiger partial charge in [-0.2, -0.15) is 0 Å². The van der Waals surface area contributed by atoms with Gasteiger partial charge in [0.15, 0.2) is 5.84 Å². The molecule has 1 unspecified atom stereocenters. The molecule has 0 aliphatic rings. The second-order valence-corrected chi connectivity index (χ2v) is 3.70. The van der Waals surface area contributed by atoms with Gasteiger partial charge in [0, 0.05) is 13.0 Å². The summed E-state index contributed by atoms with van der Waals surface area (Å²) in [5.74, 6) is -1.33. The molecular weight excluding hydrogens is 224 g/mol. The first kappa shape index (κ1) is 15.2. The van der Waals surface area contributed by atoms with Crippen LogP contribution < -0.4 is 16.8 Å². The summed E-state index contributed by atoms with van der Waals surface area (Å²) in [7, 11) is 0. The molecule has 0 aliphatic carbocycles. The number of amidine groups is 1. The van der Waals surface area contributed by atoms with Crippen LogP contribution in [0.4, 0.5) is 0 Å². The summed E-state index contributed by atoms with van der Waals surface area (Å²) in [5.41, 5.74) is 10.4. The number of unbranched alkanes of at least 4 members (excludes halogenated alkanes) is 1. The Bertz CT molecular complexity index is 291. The highest BCUT2D eigenvalue weighted by Gasteiger charge is 2.20. The highest BCUT2D eigenvalue weighted by atomic mass is 16.4. The van der Waals surface area contributed by atoms with E-state index in [9.17, 15) is 9.59 Å². The second-order valence-electron chi connectivity index (χ2n) is 3.70. The van der Waals surface area contributed by atoms with Gasteiger partial charge in [0.2, 0.25) is 11.8 Å². The fraction of sp³-hybridized carbons (Fsp3) is 0.700. The molecule has 0 heterocycles. The maximum Gasteiger partial charge on any atom is 0.230 e. The highest BCUT2D eigenvalue weighted by molar-refractivity contribution is 6.01. The van der Waals surface area contributed by atoms with Crippen LogP contribution in [0.5, 0.6) is 0 Å². The topological polar surface area (TPSA) is 131 Å². The monoisotopic (exact) mass is 244 g/mol. The average Bonchev–Trinajstić information content (AvgIpc) is 2.28. The van der Waals surface area contributed by atoms with Gasteiger partial charge < -0.3 is 22.0 Å². The lowest BCUT2D eigenvalue weighted by molar-refractivity contribution is -0.123. The number of carbonyl (C=O) groups excluding carboxylic acids is 2. The fourth-order valence-electron chi connectivity index (χ4n) is 1.36. The number of carbonyl (C=O) groups is 2. The summed E-state index contributed by atoms with van der Waals surface area (Å²) in [6, 6.07) is 0. The van der Waals surface area contributed by atoms with Crippen molar-refractivity contribution in [2.75, 3.05) is 6.54 Å². The molecule has 0 rings (SSSR count). The van der Waals surface area contributed by atoms with Crippen molar-refractivity contribution in [1.82, 2.24) is 5.32 Å². The van der Waals surface area contributed by atoms with Gasteiger partial charge in [-0.1, -0.05) is 12.1 Å². The predicted octanol–water partition coefficient (Wildman–Crippen LogP) is -0.469. The van der Waals surface area contributed by atoms with Gasteiger partial charge in [0.05, 0.1) is 5.92 Å². The van der Waals surface area contributed by atoms with E-state index in [2.05, 4.69) is 10.5 Å². The number of primary amides is 1. The van der Waals surface area contributed by atoms with Gasteiger partial charge in [0.1, 0.15) is 0 Å². The summed E-state index contributed by atoms with van der Waals surface area (Å²) in [6.45, 7) is 2.22. The van der Waals surface area contributed by atoms with Crippen LogP contribution in [0.2, 0.25) is 0 Å². The van der Waals surface area contributed by atoms with Crippen LogP contribution in [-0.4, -0.2) is 29.4 Å². The molecule has 7 heteroatoms. The first-order valence-corrected chi connectivity index (χ1v) is 5.56. The van der Waals surface area contributed by atoms with Crippen molar-refractivity contribution in [3.8, 4) is 0 Å². The van der Waals surface area contributed by atoms with E-state index in [0.29, 0.717) is 32.2 Å². The lowest BCUT2D eigenvalue weighted by atomic mass is 10.0. The SMILES string of the molecule is CCC(C(=O)NCCCCC(N)=O)C(N)=NO. The molecule has 6 N–H and O–H groups in total. The van der Waals surface area contributed by atoms with Crippen LogP contribution >= 0.6 is 0 Å². The van der Waals surface area contributed by atoms with Crippen molar-refractivity contribution >= 4 is 17.6 Å². The molecule has 17 heavy (non-hydrogen) atoms. The zero-order valence-corrected chi connectivity index (χ0v) is 9.98. The zero-order chi connectivity index (χ0) is 13.3. The third-order valence-electron chi connectivity index (χ3n) is 2.35. The smallest absolute Gasteiger partial charge is 0.230 e. The molecule has 98 valence electrons. The number of nitrogens with zero attached hydrogens (tertiary/aromatic N) is 1. The third-order valence-corrected chi connectivity index (χ3v) is 2.35. The number of nitrogens with one attached hydrogen (secondary N) is 1. The minimum absolute atomic E-state index is 0.0952. The molecule has 0 aromatic heterocycles. The quantitative estimate of drug-likeness (QED) is 0.151. The number of hydrogen-bond acceptors (Lipinski definition) is 4. The molecule has 0 aromatic carbocycles. The molecule has 0 spiro atoms. The summed E-state index contributed by atoms with van der Waals surface area (Å²) in [6.07, 6.45) is 2.08. The Balaban J connectivity index is 3.88. The van der Waals surface area contributed by atoms with Gasteiger partial charge in [-0.3, -0.25) is 9.59 Å². The molecule has 0 radical (unpaired) electrons. The normalized spacial score (nSPS) is 13.1. The first-order valence-electron chi connectivity index (χ1n) is 5.56. The van der Waals surface area contributed by atoms with Crippen LogP contribution in [0.3, 0.4) is 0 Å². The number of rotatable bonds is 8. The van der Waals surface area contributed by atoms with E-state index in [1.807, 2.05) is 0 Å². The Hall–Kier alpha value is -1.79. The Labute approximate surface area is 100 Å². The number of oxime groups is 1. The molecule has 0 bridgehead atoms. The van der Waals surface area contributed by atoms with Crippen molar-refractivity contribution in [2.45, 2.75) is 32.6 Å². The average molecular weight is 244 g/mol. The lowest BCUT2D eigenvalue weighted by Gasteiger charge is -2.13. The lowest BCUT2D eigenvalue weighted by Crippen LogP contribution is -2.39. The van der Waals surface area contributed by atoms with Crippen molar-refractivity contribution in [2.24, 2.45) is 22.5 Å². The van der Waals surface area contributed by atoms with Crippen LogP contribution in [-0.2, 0) is 9.59 Å². The summed E-state index contributed by atoms with van der Waals surface area (Å²) in [5, 5.41) is 14.0. The van der Waals surface area contributed by atoms with E-state index < -0.39 is 5.92 Å². The van der Waals surface area contributed by atoms with Crippen molar-refractivity contribution < 1.29 is 14.8 Å². The van der Waals surface area contributed by atoms with Gasteiger partial charge in [-0.05, 0) is 19.3 Å². The molecule has 0 fully saturated rings. The Morgan fingerprint density at radius 2 is 2.00 bits per heavy atom. The molecular formula is C10H20N4O3. The van der Waals surface area contributed by atoms with Crippen LogP contribution in [0, 0.1) is 5.92 Å². The summed E-state index contributed by atoms with van der Waals surface area (Å²) >= 11 is 0. The minimum atomic E-state index is -0.615. The molecule has 0 aromatic rings. The van der Waals surface area contributed by atoms with Crippen LogP contribution in [0.25, 0.3) is 0 Å². The predicted molar refractivity (Wildman–Crippen MR) is 63.2 cm³/mol. The van der Waals surface area contributed by atoms with Crippen molar-refractivity contribution in [3.05, 3.63) is 0 Å². The van der Waals surface area contributed by atoms with Gasteiger partial charge in [0.25, 0.3) is 0 Å². The van der Waals surface area contributed by atoms with E-state index >= 15 is 0 Å². The first-order chi connectivity index (χ1) is 8.02. The number of nitrogens with two attached hydrogens (primary N) is 2. The molecule has 0 aliphatic heterocycles. The van der Waals surface area contributed by atoms with Crippen LogP contribution in [0.1, 0.15) is 32.6 Å². The van der Waals surface area contributed by atoms with E-state index in [4.69, 9.17) is 16.7 Å². The molecule has 7 nitrogen and oxygen atoms in total. The summed E-state index contributed by atoms with van der Waals surface area (Å²) in [4.78, 5) is 22.1. The van der Waals surface area contributed by atoms with Crippen LogP contribution in [0.15, 0.2) is 5.16 Å². The number of amides is 2. The van der Waals surface area contributed by atoms with Gasteiger partial charge in [-0.25, -0.2) is 0 Å². The fourth-order valence-corrected chi connectivity index (χ4v) is 1.36. The maximum atomic E-state index is 11.6. The van der Waals surface area contributed by atoms with E-state index in [-0.39, 0.29) is 17.6 Å². The van der Waals surface area contributed by atoms with Crippen molar-refractivity contribution in [1.29, 1.82) is 0 Å². The van der Waals surface area contributed by atoms with E-state index in [0.717, 1.165) is 0 Å². The molecule has 0 saturated carbocycles. The van der Waals surface area contributed by atoms with Gasteiger partial charge >= 0.3 is 0 Å². The Morgan fingerprint density at radius 1 is 1.35 bits per heavy atom. The Kier molecular flexibility index (Phi) is 7.49. The molecule has 2 amide bonds. The number of hydrogen-bond donors (Lipinski definition) is 4.